The average molecular weight is 326 g/mol. The third kappa shape index (κ3) is 4.82. The Kier molecular flexibility index (Phi) is 5.46. The predicted octanol–water partition coefficient (Wildman–Crippen LogP) is 3.30. The van der Waals surface area contributed by atoms with E-state index in [1.807, 2.05) is 6.92 Å². The SMILES string of the molecule is CC(N)C1CCCN(C(=O)/C=C/c2ccc(C(F)(F)F)cc2)C1. The number of rotatable bonds is 3. The Hall–Kier alpha value is -1.82. The molecule has 2 rings (SSSR count). The van der Waals surface area contributed by atoms with Gasteiger partial charge in [-0.1, -0.05) is 12.1 Å². The van der Waals surface area contributed by atoms with E-state index in [1.54, 1.807) is 4.90 Å². The molecule has 0 aromatic heterocycles. The van der Waals surface area contributed by atoms with Gasteiger partial charge in [-0.25, -0.2) is 0 Å². The van der Waals surface area contributed by atoms with Crippen LogP contribution < -0.4 is 5.73 Å². The lowest BCUT2D eigenvalue weighted by Crippen LogP contribution is -2.44. The van der Waals surface area contributed by atoms with Crippen LogP contribution in [0, 0.1) is 5.92 Å². The molecule has 126 valence electrons. The number of likely N-dealkylation sites (tertiary alicyclic amines) is 1. The van der Waals surface area contributed by atoms with E-state index in [2.05, 4.69) is 0 Å². The summed E-state index contributed by atoms with van der Waals surface area (Å²) in [6, 6.07) is 4.78. The monoisotopic (exact) mass is 326 g/mol. The Morgan fingerprint density at radius 3 is 2.57 bits per heavy atom. The summed E-state index contributed by atoms with van der Waals surface area (Å²) in [6.45, 7) is 3.27. The molecule has 0 radical (unpaired) electrons. The number of nitrogens with two attached hydrogens (primary N) is 1. The minimum Gasteiger partial charge on any atom is -0.339 e. The van der Waals surface area contributed by atoms with E-state index in [1.165, 1.54) is 24.3 Å². The summed E-state index contributed by atoms with van der Waals surface area (Å²) in [4.78, 5) is 13.9. The summed E-state index contributed by atoms with van der Waals surface area (Å²) < 4.78 is 37.5. The van der Waals surface area contributed by atoms with Crippen LogP contribution in [0.4, 0.5) is 13.2 Å². The first-order valence-corrected chi connectivity index (χ1v) is 7.67. The van der Waals surface area contributed by atoms with E-state index >= 15 is 0 Å². The number of nitrogens with zero attached hydrogens (tertiary/aromatic N) is 1. The number of alkyl halides is 3. The van der Waals surface area contributed by atoms with Gasteiger partial charge < -0.3 is 10.6 Å². The second-order valence-electron chi connectivity index (χ2n) is 6.00. The van der Waals surface area contributed by atoms with Gasteiger partial charge in [0.1, 0.15) is 0 Å². The lowest BCUT2D eigenvalue weighted by molar-refractivity contribution is -0.137. The highest BCUT2D eigenvalue weighted by Crippen LogP contribution is 2.29. The first-order valence-electron chi connectivity index (χ1n) is 7.67. The van der Waals surface area contributed by atoms with Crippen molar-refractivity contribution in [1.29, 1.82) is 0 Å². The number of carbonyl (C=O) groups is 1. The first-order chi connectivity index (χ1) is 10.8. The molecule has 0 spiro atoms. The van der Waals surface area contributed by atoms with Gasteiger partial charge in [0.05, 0.1) is 5.56 Å². The Morgan fingerprint density at radius 2 is 2.00 bits per heavy atom. The number of halogens is 3. The fraction of sp³-hybridized carbons (Fsp3) is 0.471. The molecule has 1 aromatic carbocycles. The van der Waals surface area contributed by atoms with Gasteiger partial charge in [-0.15, -0.1) is 0 Å². The Balaban J connectivity index is 1.98. The normalized spacial score (nSPS) is 20.7. The molecular weight excluding hydrogens is 305 g/mol. The van der Waals surface area contributed by atoms with Gasteiger partial charge >= 0.3 is 6.18 Å². The van der Waals surface area contributed by atoms with Crippen molar-refractivity contribution < 1.29 is 18.0 Å². The van der Waals surface area contributed by atoms with Crippen LogP contribution in [-0.4, -0.2) is 29.9 Å². The minimum absolute atomic E-state index is 0.0458. The van der Waals surface area contributed by atoms with Crippen molar-refractivity contribution in [3.8, 4) is 0 Å². The molecule has 1 aromatic rings. The number of hydrogen-bond acceptors (Lipinski definition) is 2. The zero-order valence-electron chi connectivity index (χ0n) is 13.0. The second kappa shape index (κ2) is 7.17. The van der Waals surface area contributed by atoms with Gasteiger partial charge in [0.15, 0.2) is 0 Å². The molecule has 1 amide bonds. The topological polar surface area (TPSA) is 46.3 Å². The van der Waals surface area contributed by atoms with E-state index in [0.717, 1.165) is 25.0 Å². The number of benzene rings is 1. The molecule has 3 nitrogen and oxygen atoms in total. The second-order valence-corrected chi connectivity index (χ2v) is 6.00. The maximum Gasteiger partial charge on any atom is 0.416 e. The fourth-order valence-corrected chi connectivity index (χ4v) is 2.70. The minimum atomic E-state index is -4.35. The number of hydrogen-bond donors (Lipinski definition) is 1. The van der Waals surface area contributed by atoms with Gasteiger partial charge in [-0.2, -0.15) is 13.2 Å². The molecule has 1 saturated heterocycles. The summed E-state index contributed by atoms with van der Waals surface area (Å²) in [5.41, 5.74) is 5.76. The summed E-state index contributed by atoms with van der Waals surface area (Å²) in [5.74, 6) is 0.169. The molecule has 23 heavy (non-hydrogen) atoms. The van der Waals surface area contributed by atoms with E-state index in [9.17, 15) is 18.0 Å². The number of carbonyl (C=O) groups excluding carboxylic acids is 1. The quantitative estimate of drug-likeness (QED) is 0.866. The zero-order valence-corrected chi connectivity index (χ0v) is 13.0. The molecule has 0 aliphatic carbocycles. The standard InChI is InChI=1S/C17H21F3N2O/c1-12(21)14-3-2-10-22(11-14)16(23)9-6-13-4-7-15(8-5-13)17(18,19)20/h4-9,12,14H,2-3,10-11,21H2,1H3/b9-6+. The molecule has 1 heterocycles. The molecule has 1 aliphatic rings. The van der Waals surface area contributed by atoms with Crippen LogP contribution in [0.1, 0.15) is 30.9 Å². The number of piperidine rings is 1. The maximum absolute atomic E-state index is 12.5. The van der Waals surface area contributed by atoms with Crippen molar-refractivity contribution >= 4 is 12.0 Å². The van der Waals surface area contributed by atoms with E-state index < -0.39 is 11.7 Å². The Bertz CT molecular complexity index is 564. The third-order valence-electron chi connectivity index (χ3n) is 4.17. The zero-order chi connectivity index (χ0) is 17.0. The third-order valence-corrected chi connectivity index (χ3v) is 4.17. The maximum atomic E-state index is 12.5. The van der Waals surface area contributed by atoms with Gasteiger partial charge in [0.2, 0.25) is 5.91 Å². The van der Waals surface area contributed by atoms with Gasteiger partial charge in [-0.3, -0.25) is 4.79 Å². The van der Waals surface area contributed by atoms with Gasteiger partial charge in [-0.05, 0) is 49.5 Å². The van der Waals surface area contributed by atoms with Crippen molar-refractivity contribution in [2.75, 3.05) is 13.1 Å². The smallest absolute Gasteiger partial charge is 0.339 e. The number of amides is 1. The molecule has 0 bridgehead atoms. The van der Waals surface area contributed by atoms with Crippen molar-refractivity contribution in [2.45, 2.75) is 32.0 Å². The highest BCUT2D eigenvalue weighted by atomic mass is 19.4. The molecule has 0 saturated carbocycles. The van der Waals surface area contributed by atoms with Crippen LogP contribution in [0.15, 0.2) is 30.3 Å². The van der Waals surface area contributed by atoms with Crippen molar-refractivity contribution in [3.63, 3.8) is 0 Å². The van der Waals surface area contributed by atoms with Crippen molar-refractivity contribution in [1.82, 2.24) is 4.90 Å². The Labute approximate surface area is 134 Å². The molecular formula is C17H21F3N2O. The van der Waals surface area contributed by atoms with Gasteiger partial charge in [0.25, 0.3) is 0 Å². The molecule has 1 aliphatic heterocycles. The lowest BCUT2D eigenvalue weighted by atomic mass is 9.92. The van der Waals surface area contributed by atoms with E-state index in [0.29, 0.717) is 24.6 Å². The fourth-order valence-electron chi connectivity index (χ4n) is 2.70. The molecule has 2 unspecified atom stereocenters. The largest absolute Gasteiger partial charge is 0.416 e. The van der Waals surface area contributed by atoms with Crippen molar-refractivity contribution in [3.05, 3.63) is 41.5 Å². The van der Waals surface area contributed by atoms with Crippen LogP contribution in [-0.2, 0) is 11.0 Å². The Morgan fingerprint density at radius 1 is 1.35 bits per heavy atom. The summed E-state index contributed by atoms with van der Waals surface area (Å²) in [7, 11) is 0. The highest BCUT2D eigenvalue weighted by Gasteiger charge is 2.29. The highest BCUT2D eigenvalue weighted by molar-refractivity contribution is 5.91. The van der Waals surface area contributed by atoms with Crippen LogP contribution in [0.25, 0.3) is 6.08 Å². The molecule has 2 N–H and O–H groups in total. The first kappa shape index (κ1) is 17.5. The van der Waals surface area contributed by atoms with Gasteiger partial charge in [0, 0.05) is 25.2 Å². The average Bonchev–Trinajstić information content (AvgIpc) is 2.52. The van der Waals surface area contributed by atoms with E-state index in [-0.39, 0.29) is 11.9 Å². The van der Waals surface area contributed by atoms with Crippen molar-refractivity contribution in [2.24, 2.45) is 11.7 Å². The molecule has 1 fully saturated rings. The lowest BCUT2D eigenvalue weighted by Gasteiger charge is -2.34. The van der Waals surface area contributed by atoms with Crippen LogP contribution >= 0.6 is 0 Å². The molecule has 2 atom stereocenters. The summed E-state index contributed by atoms with van der Waals surface area (Å²) >= 11 is 0. The predicted molar refractivity (Wildman–Crippen MR) is 83.4 cm³/mol. The molecule has 6 heteroatoms. The summed E-state index contributed by atoms with van der Waals surface area (Å²) in [5, 5.41) is 0. The van der Waals surface area contributed by atoms with E-state index in [4.69, 9.17) is 5.73 Å². The van der Waals surface area contributed by atoms with Crippen LogP contribution in [0.2, 0.25) is 0 Å². The van der Waals surface area contributed by atoms with Crippen LogP contribution in [0.3, 0.4) is 0 Å². The van der Waals surface area contributed by atoms with Crippen LogP contribution in [0.5, 0.6) is 0 Å². The summed E-state index contributed by atoms with van der Waals surface area (Å²) in [6.07, 6.45) is 0.542.